The van der Waals surface area contributed by atoms with Gasteiger partial charge in [0.05, 0.1) is 6.61 Å². The molecule has 0 aliphatic rings. The first-order valence-electron chi connectivity index (χ1n) is 9.34. The second-order valence-corrected chi connectivity index (χ2v) is 5.73. The fourth-order valence-electron chi connectivity index (χ4n) is 2.32. The minimum Gasteiger partial charge on any atom is -0.490 e. The summed E-state index contributed by atoms with van der Waals surface area (Å²) in [4.78, 5) is 4.13. The maximum absolute atomic E-state index is 12.8. The molecule has 0 unspecified atom stereocenters. The molecule has 1 rings (SSSR count). The first-order chi connectivity index (χ1) is 13.1. The van der Waals surface area contributed by atoms with Crippen LogP contribution in [0.4, 0.5) is 8.78 Å². The fourth-order valence-corrected chi connectivity index (χ4v) is 2.32. The monoisotopic (exact) mass is 515 g/mol. The molecule has 2 N–H and O–H groups in total. The first-order valence-corrected chi connectivity index (χ1v) is 9.34. The minimum atomic E-state index is -2.92. The summed E-state index contributed by atoms with van der Waals surface area (Å²) in [5.74, 6) is 0.916. The van der Waals surface area contributed by atoms with Gasteiger partial charge in [-0.3, -0.25) is 4.99 Å². The van der Waals surface area contributed by atoms with E-state index in [4.69, 9.17) is 9.47 Å². The molecule has 6 nitrogen and oxygen atoms in total. The fraction of sp³-hybridized carbons (Fsp3) is 0.632. The standard InChI is InChI=1S/C19H31F2N3O3.HI/c1-4-6-12-25-13-8-11-23-19(22-3)24-14-15-9-7-10-16(26-5-2)17(15)27-18(20)21;/h7,9-10,18H,4-6,8,11-14H2,1-3H3,(H2,22,23,24);1H. The molecule has 0 bridgehead atoms. The highest BCUT2D eigenvalue weighted by molar-refractivity contribution is 14.0. The molecular weight excluding hydrogens is 483 g/mol. The molecule has 162 valence electrons. The average Bonchev–Trinajstić information content (AvgIpc) is 2.65. The largest absolute Gasteiger partial charge is 0.490 e. The van der Waals surface area contributed by atoms with E-state index in [1.165, 1.54) is 0 Å². The predicted molar refractivity (Wildman–Crippen MR) is 118 cm³/mol. The van der Waals surface area contributed by atoms with E-state index in [0.717, 1.165) is 25.9 Å². The zero-order chi connectivity index (χ0) is 19.9. The molecule has 0 radical (unpaired) electrons. The Morgan fingerprint density at radius 1 is 1.14 bits per heavy atom. The third-order valence-electron chi connectivity index (χ3n) is 3.64. The molecule has 0 saturated carbocycles. The van der Waals surface area contributed by atoms with E-state index in [1.807, 2.05) is 0 Å². The quantitative estimate of drug-likeness (QED) is 0.179. The molecule has 0 amide bonds. The number of halogens is 3. The van der Waals surface area contributed by atoms with Gasteiger partial charge in [0.1, 0.15) is 0 Å². The molecule has 0 fully saturated rings. The summed E-state index contributed by atoms with van der Waals surface area (Å²) in [7, 11) is 1.65. The molecule has 1 aromatic carbocycles. The van der Waals surface area contributed by atoms with Gasteiger partial charge in [0.25, 0.3) is 0 Å². The van der Waals surface area contributed by atoms with E-state index in [0.29, 0.717) is 37.0 Å². The Morgan fingerprint density at radius 2 is 1.89 bits per heavy atom. The highest BCUT2D eigenvalue weighted by Crippen LogP contribution is 2.32. The summed E-state index contributed by atoms with van der Waals surface area (Å²) < 4.78 is 41.1. The normalized spacial score (nSPS) is 11.1. The van der Waals surface area contributed by atoms with Gasteiger partial charge in [0, 0.05) is 38.9 Å². The summed E-state index contributed by atoms with van der Waals surface area (Å²) in [5.41, 5.74) is 0.562. The maximum Gasteiger partial charge on any atom is 0.387 e. The lowest BCUT2D eigenvalue weighted by molar-refractivity contribution is -0.0520. The van der Waals surface area contributed by atoms with Gasteiger partial charge in [-0.1, -0.05) is 25.5 Å². The molecule has 28 heavy (non-hydrogen) atoms. The number of para-hydroxylation sites is 1. The predicted octanol–water partition coefficient (Wildman–Crippen LogP) is 4.18. The Kier molecular flexibility index (Phi) is 15.8. The van der Waals surface area contributed by atoms with Crippen molar-refractivity contribution in [3.63, 3.8) is 0 Å². The molecule has 0 aromatic heterocycles. The van der Waals surface area contributed by atoms with Gasteiger partial charge in [-0.2, -0.15) is 8.78 Å². The van der Waals surface area contributed by atoms with Crippen LogP contribution in [0.3, 0.4) is 0 Å². The molecule has 9 heteroatoms. The Labute approximate surface area is 183 Å². The third kappa shape index (κ3) is 10.8. The summed E-state index contributed by atoms with van der Waals surface area (Å²) in [5, 5.41) is 6.27. The number of hydrogen-bond acceptors (Lipinski definition) is 4. The van der Waals surface area contributed by atoms with Crippen LogP contribution < -0.4 is 20.1 Å². The van der Waals surface area contributed by atoms with Crippen LogP contribution in [0.1, 0.15) is 38.7 Å². The molecule has 0 atom stereocenters. The number of benzene rings is 1. The van der Waals surface area contributed by atoms with E-state index >= 15 is 0 Å². The molecule has 0 aliphatic heterocycles. The SMILES string of the molecule is CCCCOCCCNC(=NC)NCc1cccc(OCC)c1OC(F)F.I. The van der Waals surface area contributed by atoms with Crippen LogP contribution in [0.2, 0.25) is 0 Å². The number of guanidine groups is 1. The van der Waals surface area contributed by atoms with Crippen molar-refractivity contribution < 1.29 is 23.0 Å². The van der Waals surface area contributed by atoms with Crippen LogP contribution in [0.15, 0.2) is 23.2 Å². The van der Waals surface area contributed by atoms with Crippen molar-refractivity contribution in [3.05, 3.63) is 23.8 Å². The molecule has 0 saturated heterocycles. The Morgan fingerprint density at radius 3 is 2.54 bits per heavy atom. The van der Waals surface area contributed by atoms with E-state index < -0.39 is 6.61 Å². The zero-order valence-electron chi connectivity index (χ0n) is 16.8. The Balaban J connectivity index is 0.00000729. The van der Waals surface area contributed by atoms with Crippen molar-refractivity contribution in [2.45, 2.75) is 46.3 Å². The third-order valence-corrected chi connectivity index (χ3v) is 3.64. The molecule has 0 heterocycles. The van der Waals surface area contributed by atoms with Gasteiger partial charge < -0.3 is 24.8 Å². The van der Waals surface area contributed by atoms with Crippen molar-refractivity contribution in [2.75, 3.05) is 33.4 Å². The van der Waals surface area contributed by atoms with Crippen molar-refractivity contribution >= 4 is 29.9 Å². The number of unbranched alkanes of at least 4 members (excludes halogenated alkanes) is 1. The summed E-state index contributed by atoms with van der Waals surface area (Å²) in [6.45, 7) is 3.80. The lowest BCUT2D eigenvalue weighted by atomic mass is 10.2. The molecule has 0 spiro atoms. The maximum atomic E-state index is 12.8. The van der Waals surface area contributed by atoms with E-state index in [-0.39, 0.29) is 36.3 Å². The van der Waals surface area contributed by atoms with Crippen LogP contribution in [-0.4, -0.2) is 46.0 Å². The summed E-state index contributed by atoms with van der Waals surface area (Å²) >= 11 is 0. The lowest BCUT2D eigenvalue weighted by Gasteiger charge is -2.17. The van der Waals surface area contributed by atoms with Gasteiger partial charge in [0.2, 0.25) is 0 Å². The van der Waals surface area contributed by atoms with E-state index in [1.54, 1.807) is 32.2 Å². The number of rotatable bonds is 13. The van der Waals surface area contributed by atoms with E-state index in [2.05, 4.69) is 27.3 Å². The molecular formula is C19H32F2IN3O3. The van der Waals surface area contributed by atoms with Crippen molar-refractivity contribution in [2.24, 2.45) is 4.99 Å². The van der Waals surface area contributed by atoms with Crippen LogP contribution in [0, 0.1) is 0 Å². The zero-order valence-corrected chi connectivity index (χ0v) is 19.1. The number of alkyl halides is 2. The van der Waals surface area contributed by atoms with Gasteiger partial charge in [0.15, 0.2) is 17.5 Å². The van der Waals surface area contributed by atoms with Crippen molar-refractivity contribution in [3.8, 4) is 11.5 Å². The Hall–Kier alpha value is -1.36. The number of nitrogens with one attached hydrogen (secondary N) is 2. The number of aliphatic imine (C=N–C) groups is 1. The first kappa shape index (κ1) is 26.6. The topological polar surface area (TPSA) is 64.1 Å². The van der Waals surface area contributed by atoms with Crippen LogP contribution in [0.5, 0.6) is 11.5 Å². The van der Waals surface area contributed by atoms with Crippen molar-refractivity contribution in [1.29, 1.82) is 0 Å². The molecule has 1 aromatic rings. The summed E-state index contributed by atoms with van der Waals surface area (Å²) in [6.07, 6.45) is 3.04. The Bertz CT molecular complexity index is 563. The second kappa shape index (κ2) is 16.6. The second-order valence-electron chi connectivity index (χ2n) is 5.73. The van der Waals surface area contributed by atoms with Gasteiger partial charge in [-0.05, 0) is 25.8 Å². The van der Waals surface area contributed by atoms with Crippen LogP contribution in [-0.2, 0) is 11.3 Å². The molecule has 0 aliphatic carbocycles. The number of nitrogens with zero attached hydrogens (tertiary/aromatic N) is 1. The minimum absolute atomic E-state index is 0. The van der Waals surface area contributed by atoms with Gasteiger partial charge in [-0.25, -0.2) is 0 Å². The van der Waals surface area contributed by atoms with E-state index in [9.17, 15) is 8.78 Å². The number of hydrogen-bond donors (Lipinski definition) is 2. The van der Waals surface area contributed by atoms with Gasteiger partial charge in [-0.15, -0.1) is 24.0 Å². The summed E-state index contributed by atoms with van der Waals surface area (Å²) in [6, 6.07) is 5.06. The highest BCUT2D eigenvalue weighted by Gasteiger charge is 2.15. The highest BCUT2D eigenvalue weighted by atomic mass is 127. The van der Waals surface area contributed by atoms with Gasteiger partial charge >= 0.3 is 6.61 Å². The number of ether oxygens (including phenoxy) is 3. The smallest absolute Gasteiger partial charge is 0.387 e. The van der Waals surface area contributed by atoms with Crippen molar-refractivity contribution in [1.82, 2.24) is 10.6 Å². The van der Waals surface area contributed by atoms with Crippen LogP contribution >= 0.6 is 24.0 Å². The average molecular weight is 515 g/mol. The van der Waals surface area contributed by atoms with Crippen LogP contribution in [0.25, 0.3) is 0 Å². The lowest BCUT2D eigenvalue weighted by Crippen LogP contribution is -2.37.